The van der Waals surface area contributed by atoms with Crippen molar-refractivity contribution >= 4 is 5.97 Å². The molecule has 0 atom stereocenters. The van der Waals surface area contributed by atoms with Crippen LogP contribution < -0.4 is 4.74 Å². The Morgan fingerprint density at radius 2 is 1.68 bits per heavy atom. The minimum atomic E-state index is -4.96. The molecule has 1 saturated carbocycles. The molecule has 0 bridgehead atoms. The average Bonchev–Trinajstić information content (AvgIpc) is 3.72. The van der Waals surface area contributed by atoms with E-state index in [9.17, 15) is 23.1 Å². The van der Waals surface area contributed by atoms with Crippen LogP contribution in [0.3, 0.4) is 0 Å². The number of nitrogens with zero attached hydrogens (tertiary/aromatic N) is 3. The summed E-state index contributed by atoms with van der Waals surface area (Å²) in [7, 11) is 0. The fourth-order valence-corrected chi connectivity index (χ4v) is 4.77. The molecule has 41 heavy (non-hydrogen) atoms. The molecule has 6 nitrogen and oxygen atoms in total. The second-order valence-electron chi connectivity index (χ2n) is 9.88. The summed E-state index contributed by atoms with van der Waals surface area (Å²) in [4.78, 5) is 15.9. The largest absolute Gasteiger partial charge is 0.488 e. The van der Waals surface area contributed by atoms with E-state index in [0.717, 1.165) is 16.7 Å². The number of alkyl halides is 3. The number of carboxylic acids is 1. The summed E-state index contributed by atoms with van der Waals surface area (Å²) < 4.78 is 48.3. The van der Waals surface area contributed by atoms with Crippen molar-refractivity contribution in [3.8, 4) is 34.0 Å². The molecule has 206 valence electrons. The van der Waals surface area contributed by atoms with Gasteiger partial charge in [-0.2, -0.15) is 18.3 Å². The van der Waals surface area contributed by atoms with Gasteiger partial charge >= 0.3 is 12.1 Å². The van der Waals surface area contributed by atoms with Crippen molar-refractivity contribution in [1.29, 1.82) is 0 Å². The van der Waals surface area contributed by atoms with Crippen molar-refractivity contribution in [2.75, 3.05) is 0 Å². The lowest BCUT2D eigenvalue weighted by molar-refractivity contribution is -0.143. The zero-order chi connectivity index (χ0) is 28.6. The van der Waals surface area contributed by atoms with Gasteiger partial charge < -0.3 is 9.84 Å². The predicted octanol–water partition coefficient (Wildman–Crippen LogP) is 7.77. The van der Waals surface area contributed by atoms with Gasteiger partial charge in [-0.05, 0) is 65.3 Å². The molecule has 0 saturated heterocycles. The smallest absolute Gasteiger partial charge is 0.434 e. The predicted molar refractivity (Wildman–Crippen MR) is 147 cm³/mol. The van der Waals surface area contributed by atoms with Crippen LogP contribution >= 0.6 is 0 Å². The van der Waals surface area contributed by atoms with Gasteiger partial charge in [-0.3, -0.25) is 0 Å². The van der Waals surface area contributed by atoms with Crippen molar-refractivity contribution in [2.24, 2.45) is 0 Å². The van der Waals surface area contributed by atoms with E-state index in [2.05, 4.69) is 22.2 Å². The van der Waals surface area contributed by atoms with E-state index >= 15 is 0 Å². The van der Waals surface area contributed by atoms with E-state index < -0.39 is 23.4 Å². The minimum absolute atomic E-state index is 0.170. The summed E-state index contributed by atoms with van der Waals surface area (Å²) >= 11 is 0. The van der Waals surface area contributed by atoms with Gasteiger partial charge in [-0.15, -0.1) is 0 Å². The molecule has 0 spiro atoms. The van der Waals surface area contributed by atoms with E-state index in [1.54, 1.807) is 12.1 Å². The van der Waals surface area contributed by atoms with Crippen LogP contribution in [0.15, 0.2) is 97.2 Å². The van der Waals surface area contributed by atoms with Crippen molar-refractivity contribution < 1.29 is 27.8 Å². The number of halogens is 3. The van der Waals surface area contributed by atoms with Crippen molar-refractivity contribution in [3.05, 3.63) is 120 Å². The molecule has 1 fully saturated rings. The molecular weight excluding hydrogens is 531 g/mol. The van der Waals surface area contributed by atoms with Gasteiger partial charge in [0, 0.05) is 5.56 Å². The van der Waals surface area contributed by atoms with E-state index in [4.69, 9.17) is 4.74 Å². The molecular formula is C32H24F3N3O3. The number of rotatable bonds is 8. The van der Waals surface area contributed by atoms with Crippen LogP contribution in [0.1, 0.15) is 45.9 Å². The highest BCUT2D eigenvalue weighted by Crippen LogP contribution is 2.40. The topological polar surface area (TPSA) is 77.2 Å². The number of pyridine rings is 1. The molecule has 1 N–H and O–H groups in total. The molecule has 9 heteroatoms. The summed E-state index contributed by atoms with van der Waals surface area (Å²) in [6.07, 6.45) is -1.84. The van der Waals surface area contributed by atoms with Crippen molar-refractivity contribution in [2.45, 2.75) is 31.5 Å². The molecule has 3 aromatic carbocycles. The maximum Gasteiger partial charge on any atom is 0.434 e. The highest BCUT2D eigenvalue weighted by Gasteiger charge is 2.41. The summed E-state index contributed by atoms with van der Waals surface area (Å²) in [5.41, 5.74) is 2.76. The Hall–Kier alpha value is -4.92. The first-order chi connectivity index (χ1) is 19.8. The van der Waals surface area contributed by atoms with Gasteiger partial charge in [0.25, 0.3) is 0 Å². The van der Waals surface area contributed by atoms with Crippen LogP contribution in [-0.2, 0) is 12.8 Å². The van der Waals surface area contributed by atoms with Crippen molar-refractivity contribution in [1.82, 2.24) is 14.8 Å². The molecule has 0 unspecified atom stereocenters. The Labute approximate surface area is 233 Å². The molecule has 0 radical (unpaired) electrons. The van der Waals surface area contributed by atoms with Crippen molar-refractivity contribution in [3.63, 3.8) is 0 Å². The molecule has 5 aromatic rings. The maximum absolute atomic E-state index is 13.8. The van der Waals surface area contributed by atoms with Gasteiger partial charge in [-0.25, -0.2) is 14.5 Å². The minimum Gasteiger partial charge on any atom is -0.488 e. The van der Waals surface area contributed by atoms with Crippen LogP contribution in [0.5, 0.6) is 5.75 Å². The Morgan fingerprint density at radius 1 is 0.927 bits per heavy atom. The first-order valence-electron chi connectivity index (χ1n) is 13.1. The summed E-state index contributed by atoms with van der Waals surface area (Å²) in [5, 5.41) is 13.0. The summed E-state index contributed by atoms with van der Waals surface area (Å²) in [6, 6.07) is 28.2. The first kappa shape index (κ1) is 26.3. The number of carboxylic acid groups (broad SMARTS) is 1. The third-order valence-corrected chi connectivity index (χ3v) is 7.01. The van der Waals surface area contributed by atoms with E-state index in [-0.39, 0.29) is 12.4 Å². The van der Waals surface area contributed by atoms with E-state index in [0.29, 0.717) is 33.8 Å². The highest BCUT2D eigenvalue weighted by atomic mass is 19.4. The molecule has 2 aromatic heterocycles. The van der Waals surface area contributed by atoms with Gasteiger partial charge in [-0.1, -0.05) is 66.7 Å². The SMILES string of the molecule is O=C(O)c1cnn(-c2cccc(-c3ccc(-c4ccccc4)cc3OCc3ccc(C4CC4)cc3)n2)c1C(F)(F)F. The lowest BCUT2D eigenvalue weighted by Gasteiger charge is -2.15. The Morgan fingerprint density at radius 3 is 2.37 bits per heavy atom. The monoisotopic (exact) mass is 555 g/mol. The number of hydrogen-bond donors (Lipinski definition) is 1. The number of benzene rings is 3. The summed E-state index contributed by atoms with van der Waals surface area (Å²) in [5.74, 6) is -0.741. The zero-order valence-electron chi connectivity index (χ0n) is 21.7. The van der Waals surface area contributed by atoms with Crippen LogP contribution in [0.2, 0.25) is 0 Å². The highest BCUT2D eigenvalue weighted by molar-refractivity contribution is 5.89. The number of hydrogen-bond acceptors (Lipinski definition) is 4. The average molecular weight is 556 g/mol. The molecule has 2 heterocycles. The Kier molecular flexibility index (Phi) is 6.78. The molecule has 1 aliphatic carbocycles. The van der Waals surface area contributed by atoms with Crippen LogP contribution in [0.25, 0.3) is 28.2 Å². The second-order valence-corrected chi connectivity index (χ2v) is 9.88. The number of carbonyl (C=O) groups is 1. The van der Waals surface area contributed by atoms with E-state index in [1.807, 2.05) is 60.7 Å². The fraction of sp³-hybridized carbons (Fsp3) is 0.156. The molecule has 1 aliphatic rings. The molecule has 6 rings (SSSR count). The Bertz CT molecular complexity index is 1710. The normalized spacial score (nSPS) is 13.2. The van der Waals surface area contributed by atoms with Crippen LogP contribution in [0, 0.1) is 0 Å². The van der Waals surface area contributed by atoms with Gasteiger partial charge in [0.15, 0.2) is 11.5 Å². The lowest BCUT2D eigenvalue weighted by Crippen LogP contribution is -2.18. The van der Waals surface area contributed by atoms with Crippen LogP contribution in [-0.4, -0.2) is 25.8 Å². The quantitative estimate of drug-likeness (QED) is 0.212. The fourth-order valence-electron chi connectivity index (χ4n) is 4.77. The number of ether oxygens (including phenoxy) is 1. The Balaban J connectivity index is 1.38. The zero-order valence-corrected chi connectivity index (χ0v) is 21.7. The maximum atomic E-state index is 13.8. The number of aromatic nitrogens is 3. The third-order valence-electron chi connectivity index (χ3n) is 7.01. The van der Waals surface area contributed by atoms with Gasteiger partial charge in [0.2, 0.25) is 0 Å². The van der Waals surface area contributed by atoms with Gasteiger partial charge in [0.1, 0.15) is 17.9 Å². The third kappa shape index (κ3) is 5.56. The number of aromatic carboxylic acids is 1. The standard InChI is InChI=1S/C32H24F3N3O3/c33-32(34,35)30-26(31(39)40)18-36-38(30)29-8-4-7-27(37-29)25-16-15-24(21-5-2-1-3-6-21)17-28(25)41-19-20-9-11-22(12-10-20)23-13-14-23/h1-12,15-18,23H,13-14,19H2,(H,39,40). The van der Waals surface area contributed by atoms with Crippen LogP contribution in [0.4, 0.5) is 13.2 Å². The summed E-state index contributed by atoms with van der Waals surface area (Å²) in [6.45, 7) is 0.287. The molecule has 0 amide bonds. The van der Waals surface area contributed by atoms with Gasteiger partial charge in [0.05, 0.1) is 11.9 Å². The lowest BCUT2D eigenvalue weighted by atomic mass is 10.0. The molecule has 0 aliphatic heterocycles. The first-order valence-corrected chi connectivity index (χ1v) is 13.1. The second kappa shape index (κ2) is 10.6. The van der Waals surface area contributed by atoms with E-state index in [1.165, 1.54) is 24.5 Å².